The van der Waals surface area contributed by atoms with Crippen LogP contribution in [0.1, 0.15) is 26.5 Å². The van der Waals surface area contributed by atoms with Crippen LogP contribution in [0.5, 0.6) is 0 Å². The minimum atomic E-state index is -0.479. The first kappa shape index (κ1) is 15.0. The Labute approximate surface area is 124 Å². The van der Waals surface area contributed by atoms with Crippen LogP contribution in [0, 0.1) is 11.3 Å². The van der Waals surface area contributed by atoms with Crippen LogP contribution < -0.4 is 4.90 Å². The summed E-state index contributed by atoms with van der Waals surface area (Å²) in [5.74, 6) is 0.720. The average molecular weight is 289 g/mol. The fourth-order valence-corrected chi connectivity index (χ4v) is 2.00. The fraction of sp³-hybridized carbons (Fsp3) is 0.571. The molecule has 0 atom stereocenters. The normalized spacial score (nSPS) is 15.5. The first-order valence-corrected chi connectivity index (χ1v) is 6.86. The lowest BCUT2D eigenvalue weighted by molar-refractivity contribution is 0.0240. The van der Waals surface area contributed by atoms with Crippen molar-refractivity contribution in [2.24, 2.45) is 0 Å². The van der Waals surface area contributed by atoms with Crippen molar-refractivity contribution in [1.29, 1.82) is 5.26 Å². The number of nitriles is 1. The third-order valence-electron chi connectivity index (χ3n) is 3.02. The van der Waals surface area contributed by atoms with Gasteiger partial charge in [0.25, 0.3) is 0 Å². The molecule has 0 bridgehead atoms. The molecule has 112 valence electrons. The van der Waals surface area contributed by atoms with E-state index in [1.165, 1.54) is 0 Å². The zero-order chi connectivity index (χ0) is 15.5. The standard InChI is InChI=1S/C14H19N5O2/c1-14(2,3)21-13(20)19-8-6-18(7-9-19)12-5-4-11(10-15)16-17-12/h4-5H,6-9H2,1-3H3. The van der Waals surface area contributed by atoms with Crippen LogP contribution in [-0.2, 0) is 4.74 Å². The van der Waals surface area contributed by atoms with Crippen molar-refractivity contribution in [3.8, 4) is 6.07 Å². The summed E-state index contributed by atoms with van der Waals surface area (Å²) in [6.45, 7) is 8.06. The van der Waals surface area contributed by atoms with Crippen LogP contribution in [0.15, 0.2) is 12.1 Å². The Balaban J connectivity index is 1.91. The third-order valence-corrected chi connectivity index (χ3v) is 3.02. The topological polar surface area (TPSA) is 82.4 Å². The molecule has 7 heteroatoms. The monoisotopic (exact) mass is 289 g/mol. The molecular weight excluding hydrogens is 270 g/mol. The molecule has 0 spiro atoms. The number of carbonyl (C=O) groups is 1. The molecule has 1 aromatic heterocycles. The van der Waals surface area contributed by atoms with Crippen molar-refractivity contribution >= 4 is 11.9 Å². The third kappa shape index (κ3) is 4.05. The van der Waals surface area contributed by atoms with Crippen molar-refractivity contribution in [2.75, 3.05) is 31.1 Å². The van der Waals surface area contributed by atoms with Gasteiger partial charge in [-0.3, -0.25) is 0 Å². The van der Waals surface area contributed by atoms with E-state index in [1.54, 1.807) is 17.0 Å². The Morgan fingerprint density at radius 1 is 1.24 bits per heavy atom. The van der Waals surface area contributed by atoms with E-state index in [-0.39, 0.29) is 6.09 Å². The Morgan fingerprint density at radius 3 is 2.38 bits per heavy atom. The van der Waals surface area contributed by atoms with E-state index < -0.39 is 5.60 Å². The molecule has 0 aromatic carbocycles. The van der Waals surface area contributed by atoms with E-state index in [2.05, 4.69) is 10.2 Å². The number of aromatic nitrogens is 2. The van der Waals surface area contributed by atoms with Gasteiger partial charge in [-0.05, 0) is 32.9 Å². The van der Waals surface area contributed by atoms with Crippen LogP contribution in [0.2, 0.25) is 0 Å². The largest absolute Gasteiger partial charge is 0.444 e. The molecule has 21 heavy (non-hydrogen) atoms. The first-order valence-electron chi connectivity index (χ1n) is 6.86. The molecule has 0 saturated carbocycles. The highest BCUT2D eigenvalue weighted by atomic mass is 16.6. The number of ether oxygens (including phenoxy) is 1. The highest BCUT2D eigenvalue weighted by Crippen LogP contribution is 2.15. The molecule has 1 aliphatic rings. The van der Waals surface area contributed by atoms with Gasteiger partial charge in [-0.25, -0.2) is 4.79 Å². The molecule has 0 unspecified atom stereocenters. The summed E-state index contributed by atoms with van der Waals surface area (Å²) in [5.41, 5.74) is -0.182. The lowest BCUT2D eigenvalue weighted by Crippen LogP contribution is -2.50. The van der Waals surface area contributed by atoms with Gasteiger partial charge >= 0.3 is 6.09 Å². The van der Waals surface area contributed by atoms with Gasteiger partial charge in [0.05, 0.1) is 0 Å². The predicted molar refractivity (Wildman–Crippen MR) is 76.8 cm³/mol. The van der Waals surface area contributed by atoms with Gasteiger partial charge < -0.3 is 14.5 Å². The Morgan fingerprint density at radius 2 is 1.90 bits per heavy atom. The van der Waals surface area contributed by atoms with Crippen molar-refractivity contribution < 1.29 is 9.53 Å². The number of carbonyl (C=O) groups excluding carboxylic acids is 1. The molecule has 1 saturated heterocycles. The summed E-state index contributed by atoms with van der Waals surface area (Å²) in [6.07, 6.45) is -0.284. The van der Waals surface area contributed by atoms with Gasteiger partial charge in [0.1, 0.15) is 11.7 Å². The number of hydrogen-bond donors (Lipinski definition) is 0. The lowest BCUT2D eigenvalue weighted by atomic mass is 10.2. The lowest BCUT2D eigenvalue weighted by Gasteiger charge is -2.35. The van der Waals surface area contributed by atoms with Crippen molar-refractivity contribution in [1.82, 2.24) is 15.1 Å². The zero-order valence-electron chi connectivity index (χ0n) is 12.5. The average Bonchev–Trinajstić information content (AvgIpc) is 2.46. The van der Waals surface area contributed by atoms with Crippen LogP contribution in [0.4, 0.5) is 10.6 Å². The second-order valence-electron chi connectivity index (χ2n) is 5.84. The molecule has 1 amide bonds. The van der Waals surface area contributed by atoms with E-state index in [0.717, 1.165) is 5.82 Å². The molecule has 1 aliphatic heterocycles. The predicted octanol–water partition coefficient (Wildman–Crippen LogP) is 1.41. The molecule has 0 radical (unpaired) electrons. The second-order valence-corrected chi connectivity index (χ2v) is 5.84. The summed E-state index contributed by atoms with van der Waals surface area (Å²) in [7, 11) is 0. The molecule has 0 aliphatic carbocycles. The smallest absolute Gasteiger partial charge is 0.410 e. The summed E-state index contributed by atoms with van der Waals surface area (Å²) in [6, 6.07) is 5.35. The van der Waals surface area contributed by atoms with Crippen LogP contribution >= 0.6 is 0 Å². The highest BCUT2D eigenvalue weighted by Gasteiger charge is 2.26. The van der Waals surface area contributed by atoms with Crippen LogP contribution in [-0.4, -0.2) is 53.0 Å². The number of piperazine rings is 1. The molecule has 2 rings (SSSR count). The first-order chi connectivity index (χ1) is 9.89. The number of hydrogen-bond acceptors (Lipinski definition) is 6. The van der Waals surface area contributed by atoms with Gasteiger partial charge in [0, 0.05) is 26.2 Å². The van der Waals surface area contributed by atoms with Gasteiger partial charge in [0.15, 0.2) is 11.5 Å². The van der Waals surface area contributed by atoms with Gasteiger partial charge in [0.2, 0.25) is 0 Å². The molecule has 7 nitrogen and oxygen atoms in total. The van der Waals surface area contributed by atoms with Gasteiger partial charge in [-0.2, -0.15) is 5.26 Å². The minimum absolute atomic E-state index is 0.284. The maximum atomic E-state index is 12.0. The summed E-state index contributed by atoms with van der Waals surface area (Å²) >= 11 is 0. The maximum Gasteiger partial charge on any atom is 0.410 e. The SMILES string of the molecule is CC(C)(C)OC(=O)N1CCN(c2ccc(C#N)nn2)CC1. The fourth-order valence-electron chi connectivity index (χ4n) is 2.00. The Kier molecular flexibility index (Phi) is 4.26. The van der Waals surface area contributed by atoms with E-state index >= 15 is 0 Å². The van der Waals surface area contributed by atoms with Crippen molar-refractivity contribution in [3.05, 3.63) is 17.8 Å². The van der Waals surface area contributed by atoms with Gasteiger partial charge in [-0.15, -0.1) is 10.2 Å². The number of amides is 1. The Hall–Kier alpha value is -2.36. The number of rotatable bonds is 1. The summed E-state index contributed by atoms with van der Waals surface area (Å²) < 4.78 is 5.35. The van der Waals surface area contributed by atoms with Gasteiger partial charge in [-0.1, -0.05) is 0 Å². The molecule has 1 fully saturated rings. The molecule has 1 aromatic rings. The molecular formula is C14H19N5O2. The highest BCUT2D eigenvalue weighted by molar-refractivity contribution is 5.68. The summed E-state index contributed by atoms with van der Waals surface area (Å²) in [5, 5.41) is 16.5. The van der Waals surface area contributed by atoms with E-state index in [1.807, 2.05) is 31.7 Å². The van der Waals surface area contributed by atoms with Crippen molar-refractivity contribution in [3.63, 3.8) is 0 Å². The van der Waals surface area contributed by atoms with Crippen molar-refractivity contribution in [2.45, 2.75) is 26.4 Å². The van der Waals surface area contributed by atoms with E-state index in [4.69, 9.17) is 10.00 Å². The summed E-state index contributed by atoms with van der Waals surface area (Å²) in [4.78, 5) is 15.7. The quantitative estimate of drug-likeness (QED) is 0.777. The van der Waals surface area contributed by atoms with Crippen LogP contribution in [0.25, 0.3) is 0 Å². The second kappa shape index (κ2) is 5.95. The number of anilines is 1. The van der Waals surface area contributed by atoms with E-state index in [9.17, 15) is 4.79 Å². The molecule has 2 heterocycles. The van der Waals surface area contributed by atoms with Crippen LogP contribution in [0.3, 0.4) is 0 Å². The molecule has 0 N–H and O–H groups in total. The zero-order valence-corrected chi connectivity index (χ0v) is 12.5. The minimum Gasteiger partial charge on any atom is -0.444 e. The number of nitrogens with zero attached hydrogens (tertiary/aromatic N) is 5. The Bertz CT molecular complexity index is 536. The van der Waals surface area contributed by atoms with E-state index in [0.29, 0.717) is 31.9 Å². The maximum absolute atomic E-state index is 12.0.